The van der Waals surface area contributed by atoms with Crippen molar-refractivity contribution in [3.05, 3.63) is 23.5 Å². The van der Waals surface area contributed by atoms with Crippen molar-refractivity contribution in [3.63, 3.8) is 0 Å². The van der Waals surface area contributed by atoms with Gasteiger partial charge in [-0.1, -0.05) is 11.8 Å². The van der Waals surface area contributed by atoms with E-state index in [0.717, 1.165) is 0 Å². The lowest BCUT2D eigenvalue weighted by Gasteiger charge is -1.81. The van der Waals surface area contributed by atoms with Crippen LogP contribution in [0.15, 0.2) is 12.3 Å². The predicted molar refractivity (Wildman–Crippen MR) is 44.9 cm³/mol. The number of aromatic amines is 1. The second-order valence-corrected chi connectivity index (χ2v) is 2.24. The average molecular weight is 174 g/mol. The van der Waals surface area contributed by atoms with Gasteiger partial charge in [-0.2, -0.15) is 5.26 Å². The van der Waals surface area contributed by atoms with Crippen molar-refractivity contribution in [2.45, 2.75) is 6.42 Å². The van der Waals surface area contributed by atoms with E-state index in [2.05, 4.69) is 16.8 Å². The maximum Gasteiger partial charge on any atom is 0.352 e. The number of H-pyrrole nitrogens is 1. The molecule has 0 aliphatic rings. The third kappa shape index (κ3) is 2.39. The number of carboxylic acids is 1. The summed E-state index contributed by atoms with van der Waals surface area (Å²) in [5, 5.41) is 16.7. The minimum atomic E-state index is -1.02. The van der Waals surface area contributed by atoms with Crippen LogP contribution >= 0.6 is 0 Å². The molecule has 0 aliphatic heterocycles. The third-order valence-electron chi connectivity index (χ3n) is 1.31. The van der Waals surface area contributed by atoms with E-state index < -0.39 is 5.97 Å². The Balaban J connectivity index is 2.78. The number of aromatic nitrogens is 1. The first kappa shape index (κ1) is 8.89. The monoisotopic (exact) mass is 174 g/mol. The molecule has 1 heterocycles. The summed E-state index contributed by atoms with van der Waals surface area (Å²) in [6.45, 7) is 0. The molecule has 0 aliphatic carbocycles. The number of nitrogens with one attached hydrogen (secondary N) is 1. The second-order valence-electron chi connectivity index (χ2n) is 2.24. The molecule has 0 spiro atoms. The summed E-state index contributed by atoms with van der Waals surface area (Å²) in [5.41, 5.74) is 0.675. The maximum absolute atomic E-state index is 10.4. The molecule has 0 atom stereocenters. The van der Waals surface area contributed by atoms with Crippen LogP contribution in [0.4, 0.5) is 0 Å². The van der Waals surface area contributed by atoms with Crippen molar-refractivity contribution < 1.29 is 9.90 Å². The summed E-state index contributed by atoms with van der Waals surface area (Å²) >= 11 is 0. The Kier molecular flexibility index (Phi) is 2.73. The van der Waals surface area contributed by atoms with Crippen LogP contribution < -0.4 is 0 Å². The summed E-state index contributed by atoms with van der Waals surface area (Å²) in [4.78, 5) is 13.0. The van der Waals surface area contributed by atoms with Gasteiger partial charge in [0.2, 0.25) is 0 Å². The molecule has 0 saturated carbocycles. The van der Waals surface area contributed by atoms with Crippen molar-refractivity contribution in [2.75, 3.05) is 0 Å². The standard InChI is InChI=1S/C9H6N2O2/c10-4-2-1-3-7-5-8(9(12)13)11-6-7/h5-6,11H,2H2,(H,12,13). The van der Waals surface area contributed by atoms with Crippen molar-refractivity contribution in [3.8, 4) is 17.9 Å². The van der Waals surface area contributed by atoms with Crippen molar-refractivity contribution in [1.29, 1.82) is 5.26 Å². The fraction of sp³-hybridized carbons (Fsp3) is 0.111. The molecule has 0 aromatic carbocycles. The van der Waals surface area contributed by atoms with Crippen LogP contribution in [-0.4, -0.2) is 16.1 Å². The van der Waals surface area contributed by atoms with Gasteiger partial charge in [0.05, 0.1) is 12.5 Å². The molecule has 1 aromatic heterocycles. The second kappa shape index (κ2) is 3.99. The zero-order chi connectivity index (χ0) is 9.68. The molecule has 0 saturated heterocycles. The van der Waals surface area contributed by atoms with Gasteiger partial charge in [0.25, 0.3) is 0 Å². The number of hydrogen-bond donors (Lipinski definition) is 2. The Morgan fingerprint density at radius 3 is 3.00 bits per heavy atom. The van der Waals surface area contributed by atoms with E-state index in [1.807, 2.05) is 6.07 Å². The smallest absolute Gasteiger partial charge is 0.352 e. The van der Waals surface area contributed by atoms with Gasteiger partial charge in [-0.05, 0) is 6.07 Å². The molecule has 1 aromatic rings. The Morgan fingerprint density at radius 2 is 2.46 bits per heavy atom. The molecule has 0 fully saturated rings. The number of carboxylic acid groups (broad SMARTS) is 1. The highest BCUT2D eigenvalue weighted by molar-refractivity contribution is 5.86. The van der Waals surface area contributed by atoms with Crippen LogP contribution in [0, 0.1) is 23.2 Å². The van der Waals surface area contributed by atoms with Crippen LogP contribution in [0.1, 0.15) is 22.5 Å². The molecule has 13 heavy (non-hydrogen) atoms. The van der Waals surface area contributed by atoms with Crippen LogP contribution in [-0.2, 0) is 0 Å². The quantitative estimate of drug-likeness (QED) is 0.623. The van der Waals surface area contributed by atoms with E-state index in [1.165, 1.54) is 12.3 Å². The number of carbonyl (C=O) groups is 1. The van der Waals surface area contributed by atoms with Gasteiger partial charge >= 0.3 is 5.97 Å². The lowest BCUT2D eigenvalue weighted by molar-refractivity contribution is 0.0691. The maximum atomic E-state index is 10.4. The molecular formula is C9H6N2O2. The summed E-state index contributed by atoms with van der Waals surface area (Å²) in [6, 6.07) is 3.29. The van der Waals surface area contributed by atoms with Gasteiger partial charge in [-0.15, -0.1) is 0 Å². The lowest BCUT2D eigenvalue weighted by Crippen LogP contribution is -1.94. The van der Waals surface area contributed by atoms with Gasteiger partial charge < -0.3 is 10.1 Å². The zero-order valence-electron chi connectivity index (χ0n) is 6.66. The van der Waals surface area contributed by atoms with Crippen molar-refractivity contribution in [2.24, 2.45) is 0 Å². The first-order chi connectivity index (χ1) is 6.24. The van der Waals surface area contributed by atoms with Gasteiger partial charge in [-0.25, -0.2) is 4.79 Å². The molecule has 2 N–H and O–H groups in total. The third-order valence-corrected chi connectivity index (χ3v) is 1.31. The molecule has 0 bridgehead atoms. The van der Waals surface area contributed by atoms with Gasteiger partial charge in [0.15, 0.2) is 0 Å². The molecule has 4 heteroatoms. The summed E-state index contributed by atoms with van der Waals surface area (Å²) < 4.78 is 0. The minimum absolute atomic E-state index is 0.0984. The zero-order valence-corrected chi connectivity index (χ0v) is 6.66. The van der Waals surface area contributed by atoms with Crippen molar-refractivity contribution >= 4 is 5.97 Å². The van der Waals surface area contributed by atoms with E-state index in [0.29, 0.717) is 5.56 Å². The molecule has 64 valence electrons. The normalized spacial score (nSPS) is 8.23. The number of rotatable bonds is 1. The van der Waals surface area contributed by atoms with Gasteiger partial charge in [0.1, 0.15) is 5.69 Å². The number of nitrogens with zero attached hydrogens (tertiary/aromatic N) is 1. The van der Waals surface area contributed by atoms with Gasteiger partial charge in [0, 0.05) is 11.8 Å². The van der Waals surface area contributed by atoms with Gasteiger partial charge in [-0.3, -0.25) is 0 Å². The molecule has 1 rings (SSSR count). The minimum Gasteiger partial charge on any atom is -0.477 e. The lowest BCUT2D eigenvalue weighted by atomic mass is 10.3. The highest BCUT2D eigenvalue weighted by atomic mass is 16.4. The molecule has 4 nitrogen and oxygen atoms in total. The molecule has 0 amide bonds. The Labute approximate surface area is 74.8 Å². The van der Waals surface area contributed by atoms with Crippen LogP contribution in [0.3, 0.4) is 0 Å². The van der Waals surface area contributed by atoms with E-state index in [9.17, 15) is 4.79 Å². The first-order valence-electron chi connectivity index (χ1n) is 3.51. The topological polar surface area (TPSA) is 76.9 Å². The Bertz CT molecular complexity index is 415. The summed E-state index contributed by atoms with van der Waals surface area (Å²) in [6.07, 6.45) is 1.64. The predicted octanol–water partition coefficient (Wildman–Crippen LogP) is 0.978. The largest absolute Gasteiger partial charge is 0.477 e. The fourth-order valence-electron chi connectivity index (χ4n) is 0.776. The number of hydrogen-bond acceptors (Lipinski definition) is 2. The van der Waals surface area contributed by atoms with E-state index in [4.69, 9.17) is 10.4 Å². The van der Waals surface area contributed by atoms with E-state index >= 15 is 0 Å². The highest BCUT2D eigenvalue weighted by Crippen LogP contribution is 2.01. The molecule has 0 unspecified atom stereocenters. The fourth-order valence-corrected chi connectivity index (χ4v) is 0.776. The van der Waals surface area contributed by atoms with E-state index in [-0.39, 0.29) is 12.1 Å². The summed E-state index contributed by atoms with van der Waals surface area (Å²) in [5.74, 6) is 4.21. The van der Waals surface area contributed by atoms with Crippen LogP contribution in [0.25, 0.3) is 0 Å². The number of nitriles is 1. The average Bonchev–Trinajstić information content (AvgIpc) is 2.53. The Hall–Kier alpha value is -2.20. The summed E-state index contributed by atoms with van der Waals surface area (Å²) in [7, 11) is 0. The Morgan fingerprint density at radius 1 is 1.69 bits per heavy atom. The molecule has 0 radical (unpaired) electrons. The van der Waals surface area contributed by atoms with Crippen LogP contribution in [0.5, 0.6) is 0 Å². The number of aromatic carboxylic acids is 1. The van der Waals surface area contributed by atoms with Crippen LogP contribution in [0.2, 0.25) is 0 Å². The van der Waals surface area contributed by atoms with E-state index in [1.54, 1.807) is 0 Å². The first-order valence-corrected chi connectivity index (χ1v) is 3.51. The molecular weight excluding hydrogens is 168 g/mol. The SMILES string of the molecule is N#CCC#Cc1c[nH]c(C(=O)O)c1. The van der Waals surface area contributed by atoms with Crippen molar-refractivity contribution in [1.82, 2.24) is 4.98 Å². The highest BCUT2D eigenvalue weighted by Gasteiger charge is 2.03.